The van der Waals surface area contributed by atoms with E-state index in [1.165, 1.54) is 19.3 Å². The molecule has 0 heterocycles. The van der Waals surface area contributed by atoms with Gasteiger partial charge in [0, 0.05) is 0 Å². The zero-order chi connectivity index (χ0) is 13.5. The first-order chi connectivity index (χ1) is 9.25. The number of carbonyl (C=O) groups is 1. The number of carbonyl (C=O) groups excluding carboxylic acids is 1. The van der Waals surface area contributed by atoms with Gasteiger partial charge in [-0.2, -0.15) is 0 Å². The summed E-state index contributed by atoms with van der Waals surface area (Å²) >= 11 is 0. The highest BCUT2D eigenvalue weighted by Gasteiger charge is 2.17. The van der Waals surface area contributed by atoms with E-state index in [0.717, 1.165) is 12.3 Å². The SMILES string of the molecule is Nc1ccccc1OCCC(=O)OCCC1CCC1. The molecule has 0 spiro atoms. The van der Waals surface area contributed by atoms with Crippen molar-refractivity contribution >= 4 is 11.7 Å². The number of hydrogen-bond acceptors (Lipinski definition) is 4. The van der Waals surface area contributed by atoms with Gasteiger partial charge in [0.15, 0.2) is 0 Å². The highest BCUT2D eigenvalue weighted by atomic mass is 16.5. The van der Waals surface area contributed by atoms with Gasteiger partial charge in [0.1, 0.15) is 5.75 Å². The minimum atomic E-state index is -0.200. The molecule has 1 fully saturated rings. The number of nitrogen functional groups attached to an aromatic ring is 1. The molecule has 4 heteroatoms. The molecule has 1 aromatic rings. The molecule has 0 aliphatic heterocycles. The Kier molecular flexibility index (Phi) is 5.07. The van der Waals surface area contributed by atoms with Crippen molar-refractivity contribution in [2.45, 2.75) is 32.1 Å². The molecule has 0 amide bonds. The first kappa shape index (κ1) is 13.7. The van der Waals surface area contributed by atoms with Gasteiger partial charge in [0.05, 0.1) is 25.3 Å². The molecule has 0 atom stereocenters. The van der Waals surface area contributed by atoms with Crippen LogP contribution in [0.25, 0.3) is 0 Å². The fourth-order valence-corrected chi connectivity index (χ4v) is 2.05. The number of benzene rings is 1. The molecule has 0 saturated heterocycles. The number of anilines is 1. The number of hydrogen-bond donors (Lipinski definition) is 1. The zero-order valence-corrected chi connectivity index (χ0v) is 11.1. The largest absolute Gasteiger partial charge is 0.491 e. The first-order valence-electron chi connectivity index (χ1n) is 6.88. The maximum Gasteiger partial charge on any atom is 0.309 e. The lowest BCUT2D eigenvalue weighted by molar-refractivity contribution is -0.144. The topological polar surface area (TPSA) is 61.5 Å². The first-order valence-corrected chi connectivity index (χ1v) is 6.88. The van der Waals surface area contributed by atoms with E-state index in [9.17, 15) is 4.79 Å². The summed E-state index contributed by atoms with van der Waals surface area (Å²) in [5, 5.41) is 0. The minimum Gasteiger partial charge on any atom is -0.491 e. The Morgan fingerprint density at radius 2 is 2.05 bits per heavy atom. The van der Waals surface area contributed by atoms with Gasteiger partial charge >= 0.3 is 5.97 Å². The maximum atomic E-state index is 11.5. The van der Waals surface area contributed by atoms with Gasteiger partial charge in [-0.1, -0.05) is 31.4 Å². The summed E-state index contributed by atoms with van der Waals surface area (Å²) in [7, 11) is 0. The quantitative estimate of drug-likeness (QED) is 0.607. The molecule has 2 rings (SSSR count). The Morgan fingerprint density at radius 1 is 1.26 bits per heavy atom. The average molecular weight is 263 g/mol. The molecular formula is C15H21NO3. The molecule has 104 valence electrons. The second-order valence-electron chi connectivity index (χ2n) is 4.94. The summed E-state index contributed by atoms with van der Waals surface area (Å²) in [4.78, 5) is 11.5. The van der Waals surface area contributed by atoms with Crippen LogP contribution in [0.15, 0.2) is 24.3 Å². The van der Waals surface area contributed by atoms with Crippen molar-refractivity contribution in [3.8, 4) is 5.75 Å². The predicted molar refractivity (Wildman–Crippen MR) is 73.9 cm³/mol. The molecule has 19 heavy (non-hydrogen) atoms. The van der Waals surface area contributed by atoms with Crippen LogP contribution in [0.3, 0.4) is 0 Å². The third-order valence-corrected chi connectivity index (χ3v) is 3.50. The van der Waals surface area contributed by atoms with Crippen LogP contribution < -0.4 is 10.5 Å². The van der Waals surface area contributed by atoms with Crippen molar-refractivity contribution in [3.63, 3.8) is 0 Å². The van der Waals surface area contributed by atoms with Crippen LogP contribution in [0.4, 0.5) is 5.69 Å². The standard InChI is InChI=1S/C15H21NO3/c16-13-6-1-2-7-14(13)18-11-9-15(17)19-10-8-12-4-3-5-12/h1-2,6-7,12H,3-5,8-11,16H2. The zero-order valence-electron chi connectivity index (χ0n) is 11.1. The van der Waals surface area contributed by atoms with E-state index < -0.39 is 0 Å². The summed E-state index contributed by atoms with van der Waals surface area (Å²) in [6, 6.07) is 7.25. The van der Waals surface area contributed by atoms with Gasteiger partial charge in [-0.05, 0) is 24.5 Å². The second-order valence-corrected chi connectivity index (χ2v) is 4.94. The summed E-state index contributed by atoms with van der Waals surface area (Å²) < 4.78 is 10.6. The van der Waals surface area contributed by atoms with Crippen molar-refractivity contribution in [2.75, 3.05) is 18.9 Å². The van der Waals surface area contributed by atoms with Gasteiger partial charge in [-0.15, -0.1) is 0 Å². The van der Waals surface area contributed by atoms with E-state index in [-0.39, 0.29) is 12.4 Å². The summed E-state index contributed by atoms with van der Waals surface area (Å²) in [5.74, 6) is 1.19. The predicted octanol–water partition coefficient (Wildman–Crippen LogP) is 2.77. The fraction of sp³-hybridized carbons (Fsp3) is 0.533. The summed E-state index contributed by atoms with van der Waals surface area (Å²) in [6.45, 7) is 0.841. The Balaban J connectivity index is 1.57. The lowest BCUT2D eigenvalue weighted by Crippen LogP contribution is -2.16. The monoisotopic (exact) mass is 263 g/mol. The minimum absolute atomic E-state index is 0.200. The number of esters is 1. The van der Waals surface area contributed by atoms with Crippen LogP contribution >= 0.6 is 0 Å². The van der Waals surface area contributed by atoms with Crippen molar-refractivity contribution in [3.05, 3.63) is 24.3 Å². The van der Waals surface area contributed by atoms with Gasteiger partial charge in [-0.3, -0.25) is 4.79 Å². The average Bonchev–Trinajstić information content (AvgIpc) is 2.35. The van der Waals surface area contributed by atoms with Crippen LogP contribution in [-0.4, -0.2) is 19.2 Å². The summed E-state index contributed by atoms with van der Waals surface area (Å²) in [6.07, 6.45) is 5.16. The lowest BCUT2D eigenvalue weighted by atomic mass is 9.83. The fourth-order valence-electron chi connectivity index (χ4n) is 2.05. The highest BCUT2D eigenvalue weighted by molar-refractivity contribution is 5.69. The van der Waals surface area contributed by atoms with Crippen molar-refractivity contribution in [1.29, 1.82) is 0 Å². The van der Waals surface area contributed by atoms with Gasteiger partial charge in [0.2, 0.25) is 0 Å². The second kappa shape index (κ2) is 7.02. The smallest absolute Gasteiger partial charge is 0.309 e. The molecule has 0 aromatic heterocycles. The van der Waals surface area contributed by atoms with Crippen molar-refractivity contribution in [1.82, 2.24) is 0 Å². The Hall–Kier alpha value is -1.71. The maximum absolute atomic E-state index is 11.5. The molecule has 1 saturated carbocycles. The van der Waals surface area contributed by atoms with Gasteiger partial charge < -0.3 is 15.2 Å². The number of ether oxygens (including phenoxy) is 2. The third-order valence-electron chi connectivity index (χ3n) is 3.50. The Labute approximate surface area is 113 Å². The molecule has 0 bridgehead atoms. The van der Waals surface area contributed by atoms with E-state index in [2.05, 4.69) is 0 Å². The van der Waals surface area contributed by atoms with Crippen LogP contribution in [0, 0.1) is 5.92 Å². The Morgan fingerprint density at radius 3 is 2.74 bits per heavy atom. The molecule has 1 aliphatic rings. The number of rotatable bonds is 7. The molecule has 0 unspecified atom stereocenters. The van der Waals surface area contributed by atoms with E-state index in [0.29, 0.717) is 24.7 Å². The lowest BCUT2D eigenvalue weighted by Gasteiger charge is -2.24. The van der Waals surface area contributed by atoms with E-state index in [1.807, 2.05) is 12.1 Å². The number of para-hydroxylation sites is 2. The van der Waals surface area contributed by atoms with Crippen molar-refractivity contribution in [2.24, 2.45) is 5.92 Å². The van der Waals surface area contributed by atoms with Crippen LogP contribution in [0.1, 0.15) is 32.1 Å². The third kappa shape index (κ3) is 4.47. The molecule has 0 radical (unpaired) electrons. The molecule has 1 aromatic carbocycles. The normalized spacial score (nSPS) is 14.7. The molecule has 4 nitrogen and oxygen atoms in total. The van der Waals surface area contributed by atoms with E-state index in [4.69, 9.17) is 15.2 Å². The van der Waals surface area contributed by atoms with Crippen LogP contribution in [0.5, 0.6) is 5.75 Å². The van der Waals surface area contributed by atoms with Crippen LogP contribution in [0.2, 0.25) is 0 Å². The van der Waals surface area contributed by atoms with Gasteiger partial charge in [0.25, 0.3) is 0 Å². The number of nitrogens with two attached hydrogens (primary N) is 1. The van der Waals surface area contributed by atoms with Crippen LogP contribution in [-0.2, 0) is 9.53 Å². The molecular weight excluding hydrogens is 242 g/mol. The summed E-state index contributed by atoms with van der Waals surface area (Å²) in [5.41, 5.74) is 6.32. The molecule has 2 N–H and O–H groups in total. The van der Waals surface area contributed by atoms with E-state index in [1.54, 1.807) is 12.1 Å². The highest BCUT2D eigenvalue weighted by Crippen LogP contribution is 2.29. The Bertz CT molecular complexity index is 416. The molecule has 1 aliphatic carbocycles. The van der Waals surface area contributed by atoms with Gasteiger partial charge in [-0.25, -0.2) is 0 Å². The van der Waals surface area contributed by atoms with Crippen molar-refractivity contribution < 1.29 is 14.3 Å². The van der Waals surface area contributed by atoms with E-state index >= 15 is 0 Å².